The van der Waals surface area contributed by atoms with Crippen LogP contribution in [-0.4, -0.2) is 0 Å². The number of halogens is 3. The predicted molar refractivity (Wildman–Crippen MR) is 77.6 cm³/mol. The molecule has 0 unspecified atom stereocenters. The molecule has 0 atom stereocenters. The number of aryl methyl sites for hydroxylation is 1. The Morgan fingerprint density at radius 2 is 2.06 bits per heavy atom. The third kappa shape index (κ3) is 3.03. The molecule has 0 spiro atoms. The Hall–Kier alpha value is -1.06. The summed E-state index contributed by atoms with van der Waals surface area (Å²) in [6.07, 6.45) is 0. The molecule has 94 valence electrons. The Kier molecular flexibility index (Phi) is 4.25. The molecule has 0 saturated carbocycles. The molecule has 1 nitrogen and oxygen atoms in total. The van der Waals surface area contributed by atoms with E-state index in [0.29, 0.717) is 12.1 Å². The fraction of sp³-hybridized carbons (Fsp3) is 0.143. The molecule has 2 aromatic carbocycles. The van der Waals surface area contributed by atoms with Gasteiger partial charge in [0.1, 0.15) is 5.82 Å². The summed E-state index contributed by atoms with van der Waals surface area (Å²) in [5.41, 5.74) is 2.65. The lowest BCUT2D eigenvalue weighted by molar-refractivity contribution is 0.613. The number of benzene rings is 2. The summed E-state index contributed by atoms with van der Waals surface area (Å²) in [7, 11) is 0. The van der Waals surface area contributed by atoms with E-state index in [1.54, 1.807) is 18.2 Å². The molecule has 0 aromatic heterocycles. The fourth-order valence-corrected chi connectivity index (χ4v) is 2.47. The van der Waals surface area contributed by atoms with Gasteiger partial charge in [-0.25, -0.2) is 4.39 Å². The molecule has 2 aromatic rings. The zero-order valence-corrected chi connectivity index (χ0v) is 12.1. The normalized spacial score (nSPS) is 10.4. The zero-order valence-electron chi connectivity index (χ0n) is 9.81. The summed E-state index contributed by atoms with van der Waals surface area (Å²) < 4.78 is 14.6. The average molecular weight is 329 g/mol. The van der Waals surface area contributed by atoms with E-state index in [-0.39, 0.29) is 10.8 Å². The van der Waals surface area contributed by atoms with E-state index < -0.39 is 0 Å². The maximum Gasteiger partial charge on any atom is 0.146 e. The standard InChI is InChI=1S/C14H12BrClFN/c1-9-5-6-13(11(15)7-9)18-8-10-3-2-4-12(16)14(10)17/h2-7,18H,8H2,1H3. The van der Waals surface area contributed by atoms with Crippen molar-refractivity contribution in [3.05, 3.63) is 62.8 Å². The van der Waals surface area contributed by atoms with Crippen LogP contribution < -0.4 is 5.32 Å². The van der Waals surface area contributed by atoms with E-state index in [1.165, 1.54) is 5.56 Å². The molecule has 0 fully saturated rings. The van der Waals surface area contributed by atoms with Crippen molar-refractivity contribution in [3.8, 4) is 0 Å². The third-order valence-electron chi connectivity index (χ3n) is 2.63. The van der Waals surface area contributed by atoms with Gasteiger partial charge in [0.15, 0.2) is 0 Å². The molecule has 2 rings (SSSR count). The van der Waals surface area contributed by atoms with Crippen molar-refractivity contribution in [2.75, 3.05) is 5.32 Å². The molecule has 1 N–H and O–H groups in total. The van der Waals surface area contributed by atoms with Gasteiger partial charge in [0.05, 0.1) is 5.02 Å². The summed E-state index contributed by atoms with van der Waals surface area (Å²) >= 11 is 9.21. The molecule has 0 radical (unpaired) electrons. The Morgan fingerprint density at radius 3 is 2.78 bits per heavy atom. The van der Waals surface area contributed by atoms with Gasteiger partial charge in [-0.05, 0) is 46.6 Å². The highest BCUT2D eigenvalue weighted by atomic mass is 79.9. The van der Waals surface area contributed by atoms with E-state index in [4.69, 9.17) is 11.6 Å². The van der Waals surface area contributed by atoms with E-state index >= 15 is 0 Å². The van der Waals surface area contributed by atoms with Gasteiger partial charge in [-0.15, -0.1) is 0 Å². The largest absolute Gasteiger partial charge is 0.380 e. The third-order valence-corrected chi connectivity index (χ3v) is 3.57. The zero-order chi connectivity index (χ0) is 13.1. The molecular weight excluding hydrogens is 317 g/mol. The van der Waals surface area contributed by atoms with Crippen LogP contribution in [0.3, 0.4) is 0 Å². The Bertz CT molecular complexity index is 572. The van der Waals surface area contributed by atoms with Crippen LogP contribution in [-0.2, 0) is 6.54 Å². The molecule has 0 amide bonds. The highest BCUT2D eigenvalue weighted by molar-refractivity contribution is 9.10. The van der Waals surface area contributed by atoms with Crippen LogP contribution in [0.1, 0.15) is 11.1 Å². The summed E-state index contributed by atoms with van der Waals surface area (Å²) in [4.78, 5) is 0. The van der Waals surface area contributed by atoms with Gasteiger partial charge in [0, 0.05) is 22.3 Å². The van der Waals surface area contributed by atoms with Crippen molar-refractivity contribution in [1.29, 1.82) is 0 Å². The van der Waals surface area contributed by atoms with Gasteiger partial charge < -0.3 is 5.32 Å². The van der Waals surface area contributed by atoms with Crippen molar-refractivity contribution in [3.63, 3.8) is 0 Å². The number of hydrogen-bond donors (Lipinski definition) is 1. The SMILES string of the molecule is Cc1ccc(NCc2cccc(Cl)c2F)c(Br)c1. The Morgan fingerprint density at radius 1 is 1.28 bits per heavy atom. The Balaban J connectivity index is 2.14. The maximum absolute atomic E-state index is 13.7. The average Bonchev–Trinajstić information content (AvgIpc) is 2.33. The second kappa shape index (κ2) is 5.72. The molecule has 0 heterocycles. The van der Waals surface area contributed by atoms with Gasteiger partial charge in [-0.2, -0.15) is 0 Å². The van der Waals surface area contributed by atoms with Gasteiger partial charge in [-0.1, -0.05) is 29.8 Å². The second-order valence-electron chi connectivity index (χ2n) is 4.05. The first-order valence-corrected chi connectivity index (χ1v) is 6.68. The van der Waals surface area contributed by atoms with Crippen molar-refractivity contribution in [2.45, 2.75) is 13.5 Å². The van der Waals surface area contributed by atoms with Crippen LogP contribution >= 0.6 is 27.5 Å². The van der Waals surface area contributed by atoms with E-state index in [2.05, 4.69) is 21.2 Å². The molecule has 0 bridgehead atoms. The lowest BCUT2D eigenvalue weighted by atomic mass is 10.2. The van der Waals surface area contributed by atoms with Crippen LogP contribution in [0.4, 0.5) is 10.1 Å². The molecule has 18 heavy (non-hydrogen) atoms. The van der Waals surface area contributed by atoms with Gasteiger partial charge >= 0.3 is 0 Å². The topological polar surface area (TPSA) is 12.0 Å². The molecule has 0 aliphatic rings. The maximum atomic E-state index is 13.7. The highest BCUT2D eigenvalue weighted by Gasteiger charge is 2.06. The quantitative estimate of drug-likeness (QED) is 0.820. The first kappa shape index (κ1) is 13.4. The van der Waals surface area contributed by atoms with E-state index in [1.807, 2.05) is 25.1 Å². The summed E-state index contributed by atoms with van der Waals surface area (Å²) in [5, 5.41) is 3.33. The predicted octanol–water partition coefficient (Wildman–Crippen LogP) is 5.16. The van der Waals surface area contributed by atoms with Gasteiger partial charge in [0.25, 0.3) is 0 Å². The minimum absolute atomic E-state index is 0.150. The lowest BCUT2D eigenvalue weighted by Gasteiger charge is -2.10. The minimum Gasteiger partial charge on any atom is -0.380 e. The number of rotatable bonds is 3. The van der Waals surface area contributed by atoms with Crippen LogP contribution in [0.15, 0.2) is 40.9 Å². The monoisotopic (exact) mass is 327 g/mol. The van der Waals surface area contributed by atoms with Crippen molar-refractivity contribution in [1.82, 2.24) is 0 Å². The summed E-state index contributed by atoms with van der Waals surface area (Å²) in [6, 6.07) is 11.0. The van der Waals surface area contributed by atoms with Gasteiger partial charge in [0.2, 0.25) is 0 Å². The minimum atomic E-state index is -0.366. The summed E-state index contributed by atoms with van der Waals surface area (Å²) in [5.74, 6) is -0.366. The second-order valence-corrected chi connectivity index (χ2v) is 5.31. The fourth-order valence-electron chi connectivity index (χ4n) is 1.64. The first-order chi connectivity index (χ1) is 8.58. The Labute approximate surface area is 119 Å². The highest BCUT2D eigenvalue weighted by Crippen LogP contribution is 2.25. The number of nitrogens with one attached hydrogen (secondary N) is 1. The van der Waals surface area contributed by atoms with Crippen LogP contribution in [0.2, 0.25) is 5.02 Å². The van der Waals surface area contributed by atoms with Crippen LogP contribution in [0.5, 0.6) is 0 Å². The number of hydrogen-bond acceptors (Lipinski definition) is 1. The first-order valence-electron chi connectivity index (χ1n) is 5.51. The van der Waals surface area contributed by atoms with Crippen molar-refractivity contribution in [2.24, 2.45) is 0 Å². The smallest absolute Gasteiger partial charge is 0.146 e. The van der Waals surface area contributed by atoms with E-state index in [0.717, 1.165) is 10.2 Å². The van der Waals surface area contributed by atoms with Crippen LogP contribution in [0, 0.1) is 12.7 Å². The molecule has 0 aliphatic heterocycles. The van der Waals surface area contributed by atoms with Gasteiger partial charge in [-0.3, -0.25) is 0 Å². The molecule has 4 heteroatoms. The molecule has 0 saturated heterocycles. The summed E-state index contributed by atoms with van der Waals surface area (Å²) in [6.45, 7) is 2.42. The lowest BCUT2D eigenvalue weighted by Crippen LogP contribution is -2.02. The van der Waals surface area contributed by atoms with Crippen molar-refractivity contribution >= 4 is 33.2 Å². The molecular formula is C14H12BrClFN. The van der Waals surface area contributed by atoms with E-state index in [9.17, 15) is 4.39 Å². The van der Waals surface area contributed by atoms with Crippen LogP contribution in [0.25, 0.3) is 0 Å². The molecule has 0 aliphatic carbocycles. The number of anilines is 1. The van der Waals surface area contributed by atoms with Crippen molar-refractivity contribution < 1.29 is 4.39 Å².